The standard InChI is InChI=1S/C23H18ClN3O3/c1-14-17(24)8-5-9-18(14)26-22(28)19-20(15-10-12-25-13-11-15)27(30-21(19)23(26)29)16-6-3-2-4-7-16/h2-13,19-21H,1H3/t19-,20+,21-/m1/s1. The van der Waals surface area contributed by atoms with Gasteiger partial charge in [0.2, 0.25) is 5.91 Å². The minimum absolute atomic E-state index is 0.296. The smallest absolute Gasteiger partial charge is 0.266 e. The van der Waals surface area contributed by atoms with Gasteiger partial charge in [0, 0.05) is 17.4 Å². The lowest BCUT2D eigenvalue weighted by Gasteiger charge is -2.29. The molecule has 30 heavy (non-hydrogen) atoms. The SMILES string of the molecule is Cc1c(Cl)cccc1N1C(=O)[C@H]2[C@@H](ON(c3ccccc3)[C@H]2c2ccncc2)C1=O. The summed E-state index contributed by atoms with van der Waals surface area (Å²) < 4.78 is 0. The fraction of sp³-hybridized carbons (Fsp3) is 0.174. The second-order valence-electron chi connectivity index (χ2n) is 7.33. The predicted octanol–water partition coefficient (Wildman–Crippen LogP) is 4.09. The van der Waals surface area contributed by atoms with Gasteiger partial charge in [0.1, 0.15) is 5.92 Å². The number of halogens is 1. The number of imide groups is 1. The molecule has 0 N–H and O–H groups in total. The topological polar surface area (TPSA) is 62.7 Å². The van der Waals surface area contributed by atoms with E-state index in [2.05, 4.69) is 4.98 Å². The van der Waals surface area contributed by atoms with Gasteiger partial charge in [-0.15, -0.1) is 0 Å². The Bertz CT molecular complexity index is 1120. The Morgan fingerprint density at radius 1 is 0.933 bits per heavy atom. The number of para-hydroxylation sites is 1. The number of nitrogens with zero attached hydrogens (tertiary/aromatic N) is 3. The molecule has 3 aromatic rings. The summed E-state index contributed by atoms with van der Waals surface area (Å²) in [7, 11) is 0. The molecular weight excluding hydrogens is 402 g/mol. The molecule has 2 saturated heterocycles. The highest BCUT2D eigenvalue weighted by atomic mass is 35.5. The number of hydroxylamine groups is 1. The summed E-state index contributed by atoms with van der Waals surface area (Å²) in [6, 6.07) is 17.9. The third kappa shape index (κ3) is 2.80. The Hall–Kier alpha value is -3.22. The van der Waals surface area contributed by atoms with Crippen LogP contribution in [0.2, 0.25) is 5.02 Å². The highest BCUT2D eigenvalue weighted by Gasteiger charge is 2.60. The first-order valence-corrected chi connectivity index (χ1v) is 9.99. The number of amides is 2. The van der Waals surface area contributed by atoms with Crippen molar-refractivity contribution in [1.82, 2.24) is 4.98 Å². The highest BCUT2D eigenvalue weighted by Crippen LogP contribution is 2.48. The molecule has 5 rings (SSSR count). The van der Waals surface area contributed by atoms with E-state index in [1.54, 1.807) is 42.6 Å². The number of hydrogen-bond acceptors (Lipinski definition) is 5. The third-order valence-corrected chi connectivity index (χ3v) is 6.06. The van der Waals surface area contributed by atoms with Crippen LogP contribution in [0.3, 0.4) is 0 Å². The maximum atomic E-state index is 13.6. The van der Waals surface area contributed by atoms with Gasteiger partial charge in [0.25, 0.3) is 5.91 Å². The number of anilines is 2. The van der Waals surface area contributed by atoms with Crippen LogP contribution in [-0.2, 0) is 14.4 Å². The van der Waals surface area contributed by atoms with E-state index >= 15 is 0 Å². The Labute approximate surface area is 178 Å². The maximum absolute atomic E-state index is 13.6. The molecule has 2 aliphatic rings. The second kappa shape index (κ2) is 7.23. The number of hydrogen-bond donors (Lipinski definition) is 0. The monoisotopic (exact) mass is 419 g/mol. The molecule has 2 amide bonds. The summed E-state index contributed by atoms with van der Waals surface area (Å²) in [5.41, 5.74) is 2.81. The zero-order valence-electron chi connectivity index (χ0n) is 16.1. The molecule has 7 heteroatoms. The van der Waals surface area contributed by atoms with Crippen LogP contribution in [0, 0.1) is 12.8 Å². The summed E-state index contributed by atoms with van der Waals surface area (Å²) in [6.45, 7) is 1.80. The quantitative estimate of drug-likeness (QED) is 0.598. The molecule has 0 unspecified atom stereocenters. The molecule has 0 aliphatic carbocycles. The fourth-order valence-electron chi connectivity index (χ4n) is 4.19. The van der Waals surface area contributed by atoms with E-state index in [-0.39, 0.29) is 11.8 Å². The number of benzene rings is 2. The Morgan fingerprint density at radius 3 is 2.40 bits per heavy atom. The third-order valence-electron chi connectivity index (χ3n) is 5.65. The first kappa shape index (κ1) is 18.8. The summed E-state index contributed by atoms with van der Waals surface area (Å²) in [6.07, 6.45) is 2.44. The minimum atomic E-state index is -0.908. The average molecular weight is 420 g/mol. The van der Waals surface area contributed by atoms with Crippen LogP contribution in [-0.4, -0.2) is 22.9 Å². The van der Waals surface area contributed by atoms with Crippen molar-refractivity contribution in [2.24, 2.45) is 5.92 Å². The summed E-state index contributed by atoms with van der Waals surface area (Å²) in [4.78, 5) is 38.3. The van der Waals surface area contributed by atoms with E-state index in [1.807, 2.05) is 42.5 Å². The molecule has 2 aliphatic heterocycles. The van der Waals surface area contributed by atoms with Crippen LogP contribution in [0.4, 0.5) is 11.4 Å². The van der Waals surface area contributed by atoms with Gasteiger partial charge in [0.15, 0.2) is 6.10 Å². The summed E-state index contributed by atoms with van der Waals surface area (Å²) in [5.74, 6) is -1.36. The Morgan fingerprint density at radius 2 is 1.67 bits per heavy atom. The minimum Gasteiger partial charge on any atom is -0.273 e. The molecule has 2 aromatic carbocycles. The molecule has 1 aromatic heterocycles. The van der Waals surface area contributed by atoms with E-state index in [1.165, 1.54) is 4.90 Å². The van der Waals surface area contributed by atoms with E-state index in [0.717, 1.165) is 11.3 Å². The molecule has 0 saturated carbocycles. The number of pyridine rings is 1. The largest absolute Gasteiger partial charge is 0.273 e. The predicted molar refractivity (Wildman–Crippen MR) is 113 cm³/mol. The van der Waals surface area contributed by atoms with E-state index in [9.17, 15) is 9.59 Å². The maximum Gasteiger partial charge on any atom is 0.266 e. The van der Waals surface area contributed by atoms with Gasteiger partial charge >= 0.3 is 0 Å². The highest BCUT2D eigenvalue weighted by molar-refractivity contribution is 6.32. The summed E-state index contributed by atoms with van der Waals surface area (Å²) >= 11 is 6.24. The van der Waals surface area contributed by atoms with Crippen molar-refractivity contribution in [3.63, 3.8) is 0 Å². The number of rotatable bonds is 3. The molecule has 0 bridgehead atoms. The van der Waals surface area contributed by atoms with Gasteiger partial charge in [-0.05, 0) is 54.4 Å². The van der Waals surface area contributed by atoms with Crippen molar-refractivity contribution >= 4 is 34.8 Å². The first-order valence-electron chi connectivity index (χ1n) is 9.62. The molecular formula is C23H18ClN3O3. The number of carbonyl (C=O) groups excluding carboxylic acids is 2. The van der Waals surface area contributed by atoms with Crippen molar-refractivity contribution < 1.29 is 14.4 Å². The van der Waals surface area contributed by atoms with Crippen molar-refractivity contribution in [3.05, 3.63) is 89.2 Å². The zero-order valence-corrected chi connectivity index (χ0v) is 16.9. The lowest BCUT2D eigenvalue weighted by molar-refractivity contribution is -0.126. The van der Waals surface area contributed by atoms with Gasteiger partial charge in [0.05, 0.1) is 17.4 Å². The van der Waals surface area contributed by atoms with Crippen LogP contribution in [0.15, 0.2) is 73.1 Å². The normalized spacial score (nSPS) is 23.2. The molecule has 2 fully saturated rings. The van der Waals surface area contributed by atoms with Crippen LogP contribution < -0.4 is 9.96 Å². The van der Waals surface area contributed by atoms with Gasteiger partial charge in [-0.3, -0.25) is 19.4 Å². The van der Waals surface area contributed by atoms with Crippen molar-refractivity contribution in [2.45, 2.75) is 19.1 Å². The molecule has 0 spiro atoms. The molecule has 3 atom stereocenters. The van der Waals surface area contributed by atoms with Crippen molar-refractivity contribution in [1.29, 1.82) is 0 Å². The summed E-state index contributed by atoms with van der Waals surface area (Å²) in [5, 5.41) is 2.17. The van der Waals surface area contributed by atoms with Crippen LogP contribution in [0.25, 0.3) is 0 Å². The zero-order chi connectivity index (χ0) is 20.8. The number of carbonyl (C=O) groups is 2. The van der Waals surface area contributed by atoms with Crippen LogP contribution in [0.1, 0.15) is 17.2 Å². The van der Waals surface area contributed by atoms with Gasteiger partial charge in [-0.2, -0.15) is 0 Å². The van der Waals surface area contributed by atoms with Gasteiger partial charge in [-0.1, -0.05) is 35.9 Å². The molecule has 150 valence electrons. The Balaban J connectivity index is 1.60. The van der Waals surface area contributed by atoms with Crippen LogP contribution >= 0.6 is 11.6 Å². The number of fused-ring (bicyclic) bond motifs is 1. The lowest BCUT2D eigenvalue weighted by Crippen LogP contribution is -2.37. The van der Waals surface area contributed by atoms with E-state index in [0.29, 0.717) is 16.3 Å². The average Bonchev–Trinajstić information content (AvgIpc) is 3.28. The second-order valence-corrected chi connectivity index (χ2v) is 7.74. The van der Waals surface area contributed by atoms with Crippen molar-refractivity contribution in [2.75, 3.05) is 9.96 Å². The first-order chi connectivity index (χ1) is 14.6. The molecule has 6 nitrogen and oxygen atoms in total. The van der Waals surface area contributed by atoms with E-state index < -0.39 is 18.1 Å². The lowest BCUT2D eigenvalue weighted by atomic mass is 9.91. The molecule has 3 heterocycles. The fourth-order valence-corrected chi connectivity index (χ4v) is 4.36. The van der Waals surface area contributed by atoms with E-state index in [4.69, 9.17) is 16.4 Å². The van der Waals surface area contributed by atoms with Crippen molar-refractivity contribution in [3.8, 4) is 0 Å². The van der Waals surface area contributed by atoms with Gasteiger partial charge in [-0.25, -0.2) is 9.96 Å². The van der Waals surface area contributed by atoms with Crippen LogP contribution in [0.5, 0.6) is 0 Å². The Kier molecular flexibility index (Phi) is 4.53. The number of aromatic nitrogens is 1. The van der Waals surface area contributed by atoms with Gasteiger partial charge < -0.3 is 0 Å². The molecule has 0 radical (unpaired) electrons.